The molecule has 3 atom stereocenters. The van der Waals surface area contributed by atoms with Crippen LogP contribution in [0.4, 0.5) is 4.79 Å². The molecule has 1 saturated heterocycles. The van der Waals surface area contributed by atoms with Gasteiger partial charge in [0, 0.05) is 37.6 Å². The number of aromatic nitrogens is 1. The third kappa shape index (κ3) is 3.32. The average molecular weight is 288 g/mol. The Hall–Kier alpha value is -2.11. The van der Waals surface area contributed by atoms with E-state index in [9.17, 15) is 9.59 Å². The van der Waals surface area contributed by atoms with Gasteiger partial charge in [-0.25, -0.2) is 4.79 Å². The van der Waals surface area contributed by atoms with Crippen molar-refractivity contribution in [3.63, 3.8) is 0 Å². The lowest BCUT2D eigenvalue weighted by molar-refractivity contribution is 0.0789. The topological polar surface area (TPSA) is 74.3 Å². The highest BCUT2D eigenvalue weighted by molar-refractivity contribution is 5.94. The fourth-order valence-corrected chi connectivity index (χ4v) is 2.65. The Labute approximate surface area is 123 Å². The van der Waals surface area contributed by atoms with Gasteiger partial charge in [-0.15, -0.1) is 0 Å². The van der Waals surface area contributed by atoms with E-state index in [1.165, 1.54) is 0 Å². The van der Waals surface area contributed by atoms with E-state index in [1.54, 1.807) is 29.4 Å². The molecule has 1 saturated carbocycles. The van der Waals surface area contributed by atoms with Crippen LogP contribution in [0.25, 0.3) is 0 Å². The summed E-state index contributed by atoms with van der Waals surface area (Å²) in [6.07, 6.45) is 5.07. The highest BCUT2D eigenvalue weighted by atomic mass is 16.2. The van der Waals surface area contributed by atoms with Gasteiger partial charge in [-0.2, -0.15) is 0 Å². The number of pyridine rings is 1. The van der Waals surface area contributed by atoms with E-state index in [0.717, 1.165) is 12.8 Å². The first-order valence-corrected chi connectivity index (χ1v) is 7.40. The number of amides is 3. The number of likely N-dealkylation sites (tertiary alicyclic amines) is 1. The third-order valence-corrected chi connectivity index (χ3v) is 4.15. The Morgan fingerprint density at radius 3 is 2.86 bits per heavy atom. The maximum absolute atomic E-state index is 12.3. The summed E-state index contributed by atoms with van der Waals surface area (Å²) in [6, 6.07) is 3.74. The Morgan fingerprint density at radius 2 is 2.19 bits per heavy atom. The molecule has 0 aromatic carbocycles. The van der Waals surface area contributed by atoms with Gasteiger partial charge in [-0.05, 0) is 30.9 Å². The molecule has 3 amide bonds. The van der Waals surface area contributed by atoms with Crippen LogP contribution in [0.3, 0.4) is 0 Å². The normalized spacial score (nSPS) is 27.3. The van der Waals surface area contributed by atoms with E-state index >= 15 is 0 Å². The van der Waals surface area contributed by atoms with Crippen LogP contribution in [0.15, 0.2) is 24.5 Å². The van der Waals surface area contributed by atoms with Crippen LogP contribution < -0.4 is 10.6 Å². The molecule has 3 rings (SSSR count). The predicted molar refractivity (Wildman–Crippen MR) is 77.8 cm³/mol. The number of urea groups is 1. The molecular formula is C15H20N4O2. The summed E-state index contributed by atoms with van der Waals surface area (Å²) in [7, 11) is 0. The van der Waals surface area contributed by atoms with E-state index in [1.807, 2.05) is 0 Å². The van der Waals surface area contributed by atoms with Gasteiger partial charge >= 0.3 is 6.03 Å². The molecule has 6 nitrogen and oxygen atoms in total. The van der Waals surface area contributed by atoms with Gasteiger partial charge < -0.3 is 15.5 Å². The van der Waals surface area contributed by atoms with Crippen LogP contribution in [0.5, 0.6) is 0 Å². The molecule has 112 valence electrons. The summed E-state index contributed by atoms with van der Waals surface area (Å²) >= 11 is 0. The molecule has 1 aromatic rings. The Bertz CT molecular complexity index is 534. The molecule has 1 aromatic heterocycles. The first kappa shape index (κ1) is 13.9. The van der Waals surface area contributed by atoms with Crippen LogP contribution in [0.1, 0.15) is 30.1 Å². The van der Waals surface area contributed by atoms with E-state index in [4.69, 9.17) is 0 Å². The zero-order chi connectivity index (χ0) is 14.8. The Balaban J connectivity index is 1.49. The predicted octanol–water partition coefficient (Wildman–Crippen LogP) is 1.00. The molecule has 0 bridgehead atoms. The molecule has 2 heterocycles. The maximum atomic E-state index is 12.3. The number of hydrogen-bond donors (Lipinski definition) is 2. The molecule has 2 aliphatic rings. The van der Waals surface area contributed by atoms with Gasteiger partial charge in [0.2, 0.25) is 0 Å². The smallest absolute Gasteiger partial charge is 0.315 e. The lowest BCUT2D eigenvalue weighted by Gasteiger charge is -2.17. The lowest BCUT2D eigenvalue weighted by atomic mass is 10.2. The summed E-state index contributed by atoms with van der Waals surface area (Å²) in [5.41, 5.74) is 0.592. The van der Waals surface area contributed by atoms with Gasteiger partial charge in [-0.1, -0.05) is 6.92 Å². The molecule has 0 unspecified atom stereocenters. The number of nitrogens with zero attached hydrogens (tertiary/aromatic N) is 2. The zero-order valence-electron chi connectivity index (χ0n) is 12.1. The van der Waals surface area contributed by atoms with Crippen LogP contribution in [0.2, 0.25) is 0 Å². The number of hydrogen-bond acceptors (Lipinski definition) is 3. The highest BCUT2D eigenvalue weighted by Crippen LogP contribution is 2.28. The van der Waals surface area contributed by atoms with Crippen molar-refractivity contribution in [3.8, 4) is 0 Å². The molecule has 21 heavy (non-hydrogen) atoms. The molecule has 1 aliphatic heterocycles. The Kier molecular flexibility index (Phi) is 3.77. The minimum Gasteiger partial charge on any atom is -0.336 e. The van der Waals surface area contributed by atoms with E-state index in [0.29, 0.717) is 30.6 Å². The van der Waals surface area contributed by atoms with Crippen molar-refractivity contribution >= 4 is 11.9 Å². The van der Waals surface area contributed by atoms with Gasteiger partial charge in [-0.3, -0.25) is 9.78 Å². The summed E-state index contributed by atoms with van der Waals surface area (Å²) in [6.45, 7) is 3.34. The summed E-state index contributed by atoms with van der Waals surface area (Å²) in [5, 5.41) is 5.89. The number of carbonyl (C=O) groups excluding carboxylic acids is 2. The van der Waals surface area contributed by atoms with Crippen LogP contribution >= 0.6 is 0 Å². The van der Waals surface area contributed by atoms with Crippen molar-refractivity contribution in [2.75, 3.05) is 13.1 Å². The third-order valence-electron chi connectivity index (χ3n) is 4.15. The van der Waals surface area contributed by atoms with Gasteiger partial charge in [0.15, 0.2) is 0 Å². The minimum absolute atomic E-state index is 0.0244. The SMILES string of the molecule is C[C@@H]1C[C@@H]1NC(=O)N[C@H]1CCN(C(=O)c2cccnc2)C1. The van der Waals surface area contributed by atoms with Crippen molar-refractivity contribution in [2.45, 2.75) is 31.8 Å². The Morgan fingerprint density at radius 1 is 1.38 bits per heavy atom. The highest BCUT2D eigenvalue weighted by Gasteiger charge is 2.35. The largest absolute Gasteiger partial charge is 0.336 e. The van der Waals surface area contributed by atoms with Gasteiger partial charge in [0.25, 0.3) is 5.91 Å². The fourth-order valence-electron chi connectivity index (χ4n) is 2.65. The second-order valence-electron chi connectivity index (χ2n) is 5.92. The summed E-state index contributed by atoms with van der Waals surface area (Å²) in [4.78, 5) is 29.8. The molecule has 0 radical (unpaired) electrons. The van der Waals surface area contributed by atoms with Crippen molar-refractivity contribution in [3.05, 3.63) is 30.1 Å². The molecular weight excluding hydrogens is 268 g/mol. The second kappa shape index (κ2) is 5.71. The van der Waals surface area contributed by atoms with E-state index in [-0.39, 0.29) is 18.0 Å². The average Bonchev–Trinajstić information content (AvgIpc) is 2.99. The maximum Gasteiger partial charge on any atom is 0.315 e. The fraction of sp³-hybridized carbons (Fsp3) is 0.533. The standard InChI is InChI=1S/C15H20N4O2/c1-10-7-13(10)18-15(21)17-12-4-6-19(9-12)14(20)11-3-2-5-16-8-11/h2-3,5,8,10,12-13H,4,6-7,9H2,1H3,(H2,17,18,21)/t10-,12+,13+/m1/s1. The van der Waals surface area contributed by atoms with Crippen LogP contribution in [0, 0.1) is 5.92 Å². The first-order chi connectivity index (χ1) is 10.1. The van der Waals surface area contributed by atoms with Crippen molar-refractivity contribution in [2.24, 2.45) is 5.92 Å². The van der Waals surface area contributed by atoms with Gasteiger partial charge in [0.1, 0.15) is 0 Å². The van der Waals surface area contributed by atoms with Crippen LogP contribution in [-0.4, -0.2) is 47.0 Å². The number of carbonyl (C=O) groups is 2. The van der Waals surface area contributed by atoms with Gasteiger partial charge in [0.05, 0.1) is 5.56 Å². The van der Waals surface area contributed by atoms with Crippen molar-refractivity contribution < 1.29 is 9.59 Å². The molecule has 2 fully saturated rings. The molecule has 2 N–H and O–H groups in total. The quantitative estimate of drug-likeness (QED) is 0.871. The summed E-state index contributed by atoms with van der Waals surface area (Å²) < 4.78 is 0. The second-order valence-corrected chi connectivity index (χ2v) is 5.92. The lowest BCUT2D eigenvalue weighted by Crippen LogP contribution is -2.44. The monoisotopic (exact) mass is 288 g/mol. The van der Waals surface area contributed by atoms with Crippen molar-refractivity contribution in [1.29, 1.82) is 0 Å². The first-order valence-electron chi connectivity index (χ1n) is 7.40. The van der Waals surface area contributed by atoms with E-state index in [2.05, 4.69) is 22.5 Å². The molecule has 6 heteroatoms. The molecule has 1 aliphatic carbocycles. The molecule has 0 spiro atoms. The van der Waals surface area contributed by atoms with Crippen LogP contribution in [-0.2, 0) is 0 Å². The summed E-state index contributed by atoms with van der Waals surface area (Å²) in [5.74, 6) is 0.562. The van der Waals surface area contributed by atoms with Crippen molar-refractivity contribution in [1.82, 2.24) is 20.5 Å². The van der Waals surface area contributed by atoms with E-state index < -0.39 is 0 Å². The number of nitrogens with one attached hydrogen (secondary N) is 2. The number of rotatable bonds is 3. The minimum atomic E-state index is -0.120. The zero-order valence-corrected chi connectivity index (χ0v) is 12.1.